The van der Waals surface area contributed by atoms with Crippen molar-refractivity contribution in [2.45, 2.75) is 36.3 Å². The zero-order valence-corrected chi connectivity index (χ0v) is 19.9. The van der Waals surface area contributed by atoms with Gasteiger partial charge in [-0.1, -0.05) is 19.1 Å². The Morgan fingerprint density at radius 1 is 1.11 bits per heavy atom. The van der Waals surface area contributed by atoms with E-state index in [1.54, 1.807) is 12.1 Å². The molecule has 7 nitrogen and oxygen atoms in total. The molecule has 0 saturated heterocycles. The van der Waals surface area contributed by atoms with E-state index >= 15 is 0 Å². The molecule has 0 unspecified atom stereocenters. The highest BCUT2D eigenvalue weighted by molar-refractivity contribution is 7.92. The smallest absolute Gasteiger partial charge is 0.416 e. The number of nitrogens with zero attached hydrogens (tertiary/aromatic N) is 2. The summed E-state index contributed by atoms with van der Waals surface area (Å²) in [6.07, 6.45) is -0.828. The van der Waals surface area contributed by atoms with Gasteiger partial charge in [0, 0.05) is 36.5 Å². The number of nitrogens with one attached hydrogen (secondary N) is 1. The molecule has 1 aromatic heterocycles. The highest BCUT2D eigenvalue weighted by Gasteiger charge is 2.39. The fraction of sp³-hybridized carbons (Fsp3) is 0.333. The second-order valence-corrected chi connectivity index (χ2v) is 10.1. The van der Waals surface area contributed by atoms with Crippen molar-refractivity contribution in [3.05, 3.63) is 77.1 Å². The first kappa shape index (κ1) is 24.9. The van der Waals surface area contributed by atoms with Gasteiger partial charge in [0.2, 0.25) is 5.95 Å². The van der Waals surface area contributed by atoms with Gasteiger partial charge in [0.15, 0.2) is 0 Å². The number of hydrogen-bond acceptors (Lipinski definition) is 6. The Balaban J connectivity index is 1.75. The second kappa shape index (κ2) is 9.46. The van der Waals surface area contributed by atoms with Crippen molar-refractivity contribution in [3.8, 4) is 5.75 Å². The van der Waals surface area contributed by atoms with Crippen molar-refractivity contribution in [3.63, 3.8) is 0 Å². The number of anilines is 1. The molecular weight excluding hydrogens is 483 g/mol. The third kappa shape index (κ3) is 5.10. The van der Waals surface area contributed by atoms with Crippen molar-refractivity contribution in [2.75, 3.05) is 25.0 Å². The minimum Gasteiger partial charge on any atom is -0.493 e. The minimum absolute atomic E-state index is 0.0417. The number of hydrogen-bond donors (Lipinski definition) is 1. The number of alkyl halides is 3. The van der Waals surface area contributed by atoms with E-state index in [0.29, 0.717) is 29.7 Å². The van der Waals surface area contributed by atoms with E-state index in [0.717, 1.165) is 17.7 Å². The second-order valence-electron chi connectivity index (χ2n) is 8.38. The minimum atomic E-state index is -4.46. The molecule has 0 spiro atoms. The monoisotopic (exact) mass is 507 g/mol. The van der Waals surface area contributed by atoms with Gasteiger partial charge in [-0.05, 0) is 48.2 Å². The number of rotatable bonds is 7. The molecule has 1 aliphatic heterocycles. The Morgan fingerprint density at radius 3 is 2.51 bits per heavy atom. The zero-order valence-electron chi connectivity index (χ0n) is 19.1. The molecule has 4 rings (SSSR count). The first-order chi connectivity index (χ1) is 16.5. The van der Waals surface area contributed by atoms with E-state index < -0.39 is 27.2 Å². The summed E-state index contributed by atoms with van der Waals surface area (Å²) < 4.78 is 79.1. The summed E-state index contributed by atoms with van der Waals surface area (Å²) >= 11 is 0. The predicted molar refractivity (Wildman–Crippen MR) is 123 cm³/mol. The first-order valence-corrected chi connectivity index (χ1v) is 12.3. The molecule has 0 fully saturated rings. The molecule has 2 aromatic carbocycles. The van der Waals surface area contributed by atoms with E-state index in [-0.39, 0.29) is 24.1 Å². The van der Waals surface area contributed by atoms with Gasteiger partial charge < -0.3 is 9.47 Å². The van der Waals surface area contributed by atoms with Crippen LogP contribution in [0.2, 0.25) is 0 Å². The molecular formula is C24H24F3N3O4S. The maximum atomic E-state index is 13.4. The van der Waals surface area contributed by atoms with Crippen LogP contribution >= 0.6 is 0 Å². The van der Waals surface area contributed by atoms with Gasteiger partial charge in [-0.3, -0.25) is 0 Å². The van der Waals surface area contributed by atoms with E-state index in [2.05, 4.69) is 14.7 Å². The highest BCUT2D eigenvalue weighted by atomic mass is 32.2. The summed E-state index contributed by atoms with van der Waals surface area (Å²) in [6.45, 7) is 2.46. The third-order valence-corrected chi connectivity index (χ3v) is 7.44. The van der Waals surface area contributed by atoms with Crippen LogP contribution in [-0.4, -0.2) is 38.7 Å². The average Bonchev–Trinajstić information content (AvgIpc) is 2.82. The lowest BCUT2D eigenvalue weighted by atomic mass is 9.70. The Morgan fingerprint density at radius 2 is 1.83 bits per heavy atom. The summed E-state index contributed by atoms with van der Waals surface area (Å²) in [6, 6.07) is 9.81. The van der Waals surface area contributed by atoms with Crippen LogP contribution in [0.3, 0.4) is 0 Å². The standard InChI is InChI=1S/C24H24F3N3O4S/c1-23(19-6-4-17(24(25,26)27)14-16(19)8-12-33-2)9-13-34-21-15-18(5-7-20(21)23)35(31,32)30-22-28-10-3-11-29-22/h3-7,10-11,14-15H,8-9,12-13H2,1-2H3,(H,28,29,30)/t23-/m0/s1. The van der Waals surface area contributed by atoms with Crippen LogP contribution in [0.15, 0.2) is 59.8 Å². The number of methoxy groups -OCH3 is 1. The maximum absolute atomic E-state index is 13.4. The van der Waals surface area contributed by atoms with Gasteiger partial charge >= 0.3 is 6.18 Å². The molecule has 1 atom stereocenters. The van der Waals surface area contributed by atoms with Crippen LogP contribution in [0.1, 0.15) is 35.6 Å². The van der Waals surface area contributed by atoms with Crippen LogP contribution in [-0.2, 0) is 32.8 Å². The van der Waals surface area contributed by atoms with Crippen LogP contribution in [0.4, 0.5) is 19.1 Å². The molecule has 35 heavy (non-hydrogen) atoms. The van der Waals surface area contributed by atoms with E-state index in [1.165, 1.54) is 37.7 Å². The van der Waals surface area contributed by atoms with Gasteiger partial charge in [-0.2, -0.15) is 13.2 Å². The van der Waals surface area contributed by atoms with Crippen molar-refractivity contribution < 1.29 is 31.1 Å². The van der Waals surface area contributed by atoms with Crippen LogP contribution in [0.5, 0.6) is 5.75 Å². The highest BCUT2D eigenvalue weighted by Crippen LogP contribution is 2.46. The zero-order chi connectivity index (χ0) is 25.3. The van der Waals surface area contributed by atoms with Crippen molar-refractivity contribution in [1.82, 2.24) is 9.97 Å². The lowest BCUT2D eigenvalue weighted by Gasteiger charge is -2.38. The number of ether oxygens (including phenoxy) is 2. The van der Waals surface area contributed by atoms with Gasteiger partial charge in [0.1, 0.15) is 5.75 Å². The molecule has 3 aromatic rings. The molecule has 1 N–H and O–H groups in total. The SMILES string of the molecule is COCCc1cc(C(F)(F)F)ccc1[C@]1(C)CCOc2cc(S(=O)(=O)Nc3ncccn3)ccc21. The van der Waals surface area contributed by atoms with Gasteiger partial charge in [-0.25, -0.2) is 23.1 Å². The Labute approximate surface area is 201 Å². The summed E-state index contributed by atoms with van der Waals surface area (Å²) in [5, 5.41) is 0. The topological polar surface area (TPSA) is 90.4 Å². The molecule has 0 saturated carbocycles. The molecule has 2 heterocycles. The number of benzene rings is 2. The fourth-order valence-electron chi connectivity index (χ4n) is 4.28. The summed E-state index contributed by atoms with van der Waals surface area (Å²) in [7, 11) is -2.49. The number of halogens is 3. The molecule has 0 radical (unpaired) electrons. The molecule has 0 bridgehead atoms. The van der Waals surface area contributed by atoms with Crippen LogP contribution in [0.25, 0.3) is 0 Å². The largest absolute Gasteiger partial charge is 0.493 e. The summed E-state index contributed by atoms with van der Waals surface area (Å²) in [5.41, 5.74) is 0.519. The molecule has 0 aliphatic carbocycles. The number of sulfonamides is 1. The molecule has 0 amide bonds. The van der Waals surface area contributed by atoms with E-state index in [4.69, 9.17) is 9.47 Å². The van der Waals surface area contributed by atoms with Crippen LogP contribution < -0.4 is 9.46 Å². The predicted octanol–water partition coefficient (Wildman–Crippen LogP) is 4.57. The molecule has 186 valence electrons. The van der Waals surface area contributed by atoms with E-state index in [1.807, 2.05) is 6.92 Å². The molecule has 1 aliphatic rings. The Bertz CT molecular complexity index is 1320. The van der Waals surface area contributed by atoms with Gasteiger partial charge in [-0.15, -0.1) is 0 Å². The van der Waals surface area contributed by atoms with Gasteiger partial charge in [0.25, 0.3) is 10.0 Å². The Kier molecular flexibility index (Phi) is 6.74. The van der Waals surface area contributed by atoms with Crippen molar-refractivity contribution in [2.24, 2.45) is 0 Å². The fourth-order valence-corrected chi connectivity index (χ4v) is 5.26. The number of aromatic nitrogens is 2. The average molecular weight is 508 g/mol. The normalized spacial score (nSPS) is 18.0. The van der Waals surface area contributed by atoms with E-state index in [9.17, 15) is 21.6 Å². The van der Waals surface area contributed by atoms with Gasteiger partial charge in [0.05, 0.1) is 23.7 Å². The quantitative estimate of drug-likeness (QED) is 0.504. The third-order valence-electron chi connectivity index (χ3n) is 6.11. The lowest BCUT2D eigenvalue weighted by molar-refractivity contribution is -0.137. The molecule has 11 heteroatoms. The first-order valence-electron chi connectivity index (χ1n) is 10.8. The number of fused-ring (bicyclic) bond motifs is 1. The Hall–Kier alpha value is -3.18. The van der Waals surface area contributed by atoms with Crippen molar-refractivity contribution >= 4 is 16.0 Å². The summed E-state index contributed by atoms with van der Waals surface area (Å²) in [5.74, 6) is 0.289. The maximum Gasteiger partial charge on any atom is 0.416 e. The van der Waals surface area contributed by atoms with Crippen molar-refractivity contribution in [1.29, 1.82) is 0 Å². The van der Waals surface area contributed by atoms with Crippen LogP contribution in [0, 0.1) is 0 Å². The summed E-state index contributed by atoms with van der Waals surface area (Å²) in [4.78, 5) is 7.71. The lowest BCUT2D eigenvalue weighted by Crippen LogP contribution is -2.33.